The van der Waals surface area contributed by atoms with Crippen molar-refractivity contribution in [3.63, 3.8) is 0 Å². The SMILES string of the molecule is O=C(c1cncc(C#CCO)c1)N(CCO)CCO. The molecule has 0 bridgehead atoms. The van der Waals surface area contributed by atoms with Crippen LogP contribution < -0.4 is 0 Å². The van der Waals surface area contributed by atoms with Gasteiger partial charge in [-0.25, -0.2) is 0 Å². The van der Waals surface area contributed by atoms with Crippen LogP contribution in [0.1, 0.15) is 15.9 Å². The van der Waals surface area contributed by atoms with Crippen LogP contribution >= 0.6 is 0 Å². The third-order valence-corrected chi connectivity index (χ3v) is 2.32. The van der Waals surface area contributed by atoms with E-state index >= 15 is 0 Å². The number of hydrogen-bond acceptors (Lipinski definition) is 5. The van der Waals surface area contributed by atoms with E-state index in [0.717, 1.165) is 0 Å². The molecule has 1 rings (SSSR count). The molecule has 1 heterocycles. The molecule has 6 heteroatoms. The van der Waals surface area contributed by atoms with Gasteiger partial charge in [-0.05, 0) is 6.07 Å². The van der Waals surface area contributed by atoms with Crippen molar-refractivity contribution in [1.29, 1.82) is 0 Å². The maximum Gasteiger partial charge on any atom is 0.255 e. The number of nitrogens with zero attached hydrogens (tertiary/aromatic N) is 2. The highest BCUT2D eigenvalue weighted by atomic mass is 16.3. The van der Waals surface area contributed by atoms with Gasteiger partial charge in [0.15, 0.2) is 0 Å². The molecule has 0 aliphatic rings. The van der Waals surface area contributed by atoms with Crippen LogP contribution in [0.5, 0.6) is 0 Å². The molecular formula is C13H16N2O4. The zero-order valence-corrected chi connectivity index (χ0v) is 10.4. The summed E-state index contributed by atoms with van der Waals surface area (Å²) in [6, 6.07) is 1.56. The first kappa shape index (κ1) is 15.1. The summed E-state index contributed by atoms with van der Waals surface area (Å²) in [6.45, 7) is -0.330. The molecule has 6 nitrogen and oxygen atoms in total. The molecule has 1 aromatic rings. The lowest BCUT2D eigenvalue weighted by molar-refractivity contribution is 0.0684. The van der Waals surface area contributed by atoms with Gasteiger partial charge in [-0.3, -0.25) is 9.78 Å². The van der Waals surface area contributed by atoms with Crippen LogP contribution in [-0.4, -0.2) is 64.0 Å². The van der Waals surface area contributed by atoms with Crippen molar-refractivity contribution in [3.05, 3.63) is 29.6 Å². The molecule has 0 radical (unpaired) electrons. The van der Waals surface area contributed by atoms with Gasteiger partial charge < -0.3 is 20.2 Å². The zero-order chi connectivity index (χ0) is 14.1. The fraction of sp³-hybridized carbons (Fsp3) is 0.385. The molecule has 102 valence electrons. The van der Waals surface area contributed by atoms with E-state index < -0.39 is 0 Å². The van der Waals surface area contributed by atoms with E-state index in [1.807, 2.05) is 0 Å². The Morgan fingerprint density at radius 3 is 2.47 bits per heavy atom. The highest BCUT2D eigenvalue weighted by Crippen LogP contribution is 2.06. The molecule has 0 atom stereocenters. The van der Waals surface area contributed by atoms with E-state index in [2.05, 4.69) is 16.8 Å². The number of rotatable bonds is 5. The second-order valence-electron chi connectivity index (χ2n) is 3.66. The molecule has 0 fully saturated rings. The monoisotopic (exact) mass is 264 g/mol. The van der Waals surface area contributed by atoms with E-state index in [1.165, 1.54) is 17.3 Å². The summed E-state index contributed by atoms with van der Waals surface area (Å²) in [5, 5.41) is 26.4. The summed E-state index contributed by atoms with van der Waals surface area (Å²) in [6.07, 6.45) is 2.88. The summed E-state index contributed by atoms with van der Waals surface area (Å²) < 4.78 is 0. The number of carbonyl (C=O) groups is 1. The maximum atomic E-state index is 12.1. The standard InChI is InChI=1S/C13H16N2O4/c16-5-1-2-11-8-12(10-14-9-11)13(19)15(3-6-17)4-7-18/h8-10,16-18H,3-7H2. The topological polar surface area (TPSA) is 93.9 Å². The van der Waals surface area contributed by atoms with Crippen molar-refractivity contribution in [2.45, 2.75) is 0 Å². The van der Waals surface area contributed by atoms with Crippen molar-refractivity contribution in [3.8, 4) is 11.8 Å². The first-order chi connectivity index (χ1) is 9.22. The van der Waals surface area contributed by atoms with Gasteiger partial charge in [0, 0.05) is 31.0 Å². The van der Waals surface area contributed by atoms with Crippen LogP contribution in [0, 0.1) is 11.8 Å². The molecule has 19 heavy (non-hydrogen) atoms. The van der Waals surface area contributed by atoms with Crippen molar-refractivity contribution >= 4 is 5.91 Å². The summed E-state index contributed by atoms with van der Waals surface area (Å²) in [4.78, 5) is 17.4. The van der Waals surface area contributed by atoms with Crippen LogP contribution in [0.4, 0.5) is 0 Å². The average molecular weight is 264 g/mol. The largest absolute Gasteiger partial charge is 0.395 e. The fourth-order valence-corrected chi connectivity index (χ4v) is 1.51. The Bertz CT molecular complexity index is 473. The molecule has 0 aliphatic heterocycles. The number of aliphatic hydroxyl groups excluding tert-OH is 3. The number of carbonyl (C=O) groups excluding carboxylic acids is 1. The summed E-state index contributed by atoms with van der Waals surface area (Å²) >= 11 is 0. The summed E-state index contributed by atoms with van der Waals surface area (Å²) in [7, 11) is 0. The highest BCUT2D eigenvalue weighted by molar-refractivity contribution is 5.94. The lowest BCUT2D eigenvalue weighted by Gasteiger charge is -2.20. The molecule has 3 N–H and O–H groups in total. The molecule has 0 saturated heterocycles. The Labute approximate surface area is 111 Å². The second-order valence-corrected chi connectivity index (χ2v) is 3.66. The molecule has 0 aliphatic carbocycles. The Morgan fingerprint density at radius 2 is 1.89 bits per heavy atom. The maximum absolute atomic E-state index is 12.1. The van der Waals surface area contributed by atoms with Gasteiger partial charge in [-0.2, -0.15) is 0 Å². The minimum absolute atomic E-state index is 0.145. The Morgan fingerprint density at radius 1 is 1.21 bits per heavy atom. The number of hydrogen-bond donors (Lipinski definition) is 3. The predicted octanol–water partition coefficient (Wildman–Crippen LogP) is -1.15. The van der Waals surface area contributed by atoms with Crippen LogP contribution in [-0.2, 0) is 0 Å². The number of amides is 1. The third kappa shape index (κ3) is 4.67. The lowest BCUT2D eigenvalue weighted by Crippen LogP contribution is -2.35. The minimum Gasteiger partial charge on any atom is -0.395 e. The second kappa shape index (κ2) is 8.21. The Kier molecular flexibility index (Phi) is 6.53. The van der Waals surface area contributed by atoms with Crippen molar-refractivity contribution < 1.29 is 20.1 Å². The van der Waals surface area contributed by atoms with Crippen molar-refractivity contribution in [1.82, 2.24) is 9.88 Å². The lowest BCUT2D eigenvalue weighted by atomic mass is 10.2. The summed E-state index contributed by atoms with van der Waals surface area (Å²) in [5.74, 6) is 4.80. The first-order valence-electron chi connectivity index (χ1n) is 5.78. The Hall–Kier alpha value is -1.94. The molecule has 0 unspecified atom stereocenters. The van der Waals surface area contributed by atoms with E-state index in [0.29, 0.717) is 11.1 Å². The van der Waals surface area contributed by atoms with Gasteiger partial charge in [0.2, 0.25) is 0 Å². The first-order valence-corrected chi connectivity index (χ1v) is 5.78. The molecule has 0 aromatic carbocycles. The molecule has 0 spiro atoms. The van der Waals surface area contributed by atoms with Gasteiger partial charge in [0.1, 0.15) is 6.61 Å². The fourth-order valence-electron chi connectivity index (χ4n) is 1.51. The van der Waals surface area contributed by atoms with Crippen LogP contribution in [0.3, 0.4) is 0 Å². The highest BCUT2D eigenvalue weighted by Gasteiger charge is 2.15. The van der Waals surface area contributed by atoms with Gasteiger partial charge in [0.25, 0.3) is 5.91 Å². The smallest absolute Gasteiger partial charge is 0.255 e. The Balaban J connectivity index is 2.91. The van der Waals surface area contributed by atoms with Gasteiger partial charge in [-0.1, -0.05) is 11.8 Å². The normalized spacial score (nSPS) is 9.63. The predicted molar refractivity (Wildman–Crippen MR) is 68.3 cm³/mol. The van der Waals surface area contributed by atoms with Crippen LogP contribution in [0.25, 0.3) is 0 Å². The average Bonchev–Trinajstić information content (AvgIpc) is 2.44. The quantitative estimate of drug-likeness (QED) is 0.584. The number of aromatic nitrogens is 1. The van der Waals surface area contributed by atoms with Crippen LogP contribution in [0.15, 0.2) is 18.5 Å². The zero-order valence-electron chi connectivity index (χ0n) is 10.4. The number of aliphatic hydroxyl groups is 3. The van der Waals surface area contributed by atoms with Gasteiger partial charge in [0.05, 0.1) is 18.8 Å². The van der Waals surface area contributed by atoms with E-state index in [1.54, 1.807) is 6.07 Å². The molecular weight excluding hydrogens is 248 g/mol. The molecule has 1 aromatic heterocycles. The van der Waals surface area contributed by atoms with Gasteiger partial charge >= 0.3 is 0 Å². The summed E-state index contributed by atoms with van der Waals surface area (Å²) in [5.41, 5.74) is 0.847. The van der Waals surface area contributed by atoms with E-state index in [-0.39, 0.29) is 38.8 Å². The minimum atomic E-state index is -0.330. The van der Waals surface area contributed by atoms with E-state index in [9.17, 15) is 4.79 Å². The van der Waals surface area contributed by atoms with Gasteiger partial charge in [-0.15, -0.1) is 0 Å². The number of pyridine rings is 1. The van der Waals surface area contributed by atoms with E-state index in [4.69, 9.17) is 15.3 Å². The van der Waals surface area contributed by atoms with Crippen molar-refractivity contribution in [2.24, 2.45) is 0 Å². The molecule has 0 saturated carbocycles. The van der Waals surface area contributed by atoms with Crippen LogP contribution in [0.2, 0.25) is 0 Å². The third-order valence-electron chi connectivity index (χ3n) is 2.32. The molecule has 1 amide bonds. The van der Waals surface area contributed by atoms with Crippen molar-refractivity contribution in [2.75, 3.05) is 32.9 Å².